The van der Waals surface area contributed by atoms with E-state index in [1.165, 1.54) is 0 Å². The van der Waals surface area contributed by atoms with Gasteiger partial charge in [0.1, 0.15) is 18.0 Å². The van der Waals surface area contributed by atoms with Crippen LogP contribution in [0.25, 0.3) is 0 Å². The van der Waals surface area contributed by atoms with Gasteiger partial charge in [-0.2, -0.15) is 0 Å². The molecular formula is C17H21N3O2. The minimum absolute atomic E-state index is 0.0630. The molecule has 0 aliphatic carbocycles. The molecule has 2 heterocycles. The molecule has 5 heteroatoms. The molecule has 116 valence electrons. The van der Waals surface area contributed by atoms with Crippen molar-refractivity contribution in [1.29, 1.82) is 0 Å². The fourth-order valence-corrected chi connectivity index (χ4v) is 2.82. The number of ether oxygens (including phenoxy) is 1. The summed E-state index contributed by atoms with van der Waals surface area (Å²) in [5.41, 5.74) is 2.18. The van der Waals surface area contributed by atoms with Crippen LogP contribution in [-0.4, -0.2) is 28.2 Å². The lowest BCUT2D eigenvalue weighted by Gasteiger charge is -2.21. The molecule has 1 amide bonds. The predicted octanol–water partition coefficient (Wildman–Crippen LogP) is 2.11. The van der Waals surface area contributed by atoms with Crippen LogP contribution in [0, 0.1) is 6.92 Å². The summed E-state index contributed by atoms with van der Waals surface area (Å²) in [6.45, 7) is 2.70. The van der Waals surface area contributed by atoms with Gasteiger partial charge in [-0.05, 0) is 25.3 Å². The van der Waals surface area contributed by atoms with Crippen LogP contribution in [0.4, 0.5) is 0 Å². The number of hydrogen-bond donors (Lipinski definition) is 1. The van der Waals surface area contributed by atoms with Crippen molar-refractivity contribution in [2.24, 2.45) is 7.05 Å². The Hall–Kier alpha value is -2.14. The normalized spacial score (nSPS) is 19.1. The molecule has 1 aliphatic heterocycles. The monoisotopic (exact) mass is 299 g/mol. The van der Waals surface area contributed by atoms with E-state index in [2.05, 4.69) is 16.4 Å². The quantitative estimate of drug-likeness (QED) is 0.941. The number of aryl methyl sites for hydroxylation is 2. The van der Waals surface area contributed by atoms with Gasteiger partial charge >= 0.3 is 0 Å². The highest BCUT2D eigenvalue weighted by Crippen LogP contribution is 2.22. The molecule has 2 atom stereocenters. The van der Waals surface area contributed by atoms with Gasteiger partial charge in [0.15, 0.2) is 0 Å². The van der Waals surface area contributed by atoms with Crippen LogP contribution < -0.4 is 5.32 Å². The molecule has 1 fully saturated rings. The van der Waals surface area contributed by atoms with E-state index >= 15 is 0 Å². The summed E-state index contributed by atoms with van der Waals surface area (Å²) in [7, 11) is 1.93. The van der Waals surface area contributed by atoms with Gasteiger partial charge in [-0.25, -0.2) is 4.98 Å². The van der Waals surface area contributed by atoms with Crippen LogP contribution in [0.1, 0.15) is 35.8 Å². The Morgan fingerprint density at radius 2 is 2.36 bits per heavy atom. The van der Waals surface area contributed by atoms with Crippen molar-refractivity contribution in [3.63, 3.8) is 0 Å². The predicted molar refractivity (Wildman–Crippen MR) is 83.3 cm³/mol. The van der Waals surface area contributed by atoms with Crippen molar-refractivity contribution in [3.8, 4) is 0 Å². The van der Waals surface area contributed by atoms with Crippen molar-refractivity contribution in [2.75, 3.05) is 6.61 Å². The molecular weight excluding hydrogens is 278 g/mol. The zero-order chi connectivity index (χ0) is 15.5. The first kappa shape index (κ1) is 14.8. The van der Waals surface area contributed by atoms with Crippen molar-refractivity contribution in [2.45, 2.75) is 31.9 Å². The SMILES string of the molecule is Cc1cccc(C(NC(=O)C2CCCO2)c2nccn2C)c1. The summed E-state index contributed by atoms with van der Waals surface area (Å²) in [6.07, 6.45) is 5.02. The first-order valence-electron chi connectivity index (χ1n) is 7.61. The Bertz CT molecular complexity index is 659. The van der Waals surface area contributed by atoms with E-state index in [1.54, 1.807) is 6.20 Å². The highest BCUT2D eigenvalue weighted by molar-refractivity contribution is 5.81. The van der Waals surface area contributed by atoms with Crippen LogP contribution >= 0.6 is 0 Å². The van der Waals surface area contributed by atoms with Crippen molar-refractivity contribution < 1.29 is 9.53 Å². The number of carbonyl (C=O) groups excluding carboxylic acids is 1. The molecule has 1 saturated heterocycles. The van der Waals surface area contributed by atoms with Crippen LogP contribution in [-0.2, 0) is 16.6 Å². The molecule has 0 bridgehead atoms. The molecule has 0 radical (unpaired) electrons. The number of rotatable bonds is 4. The summed E-state index contributed by atoms with van der Waals surface area (Å²) in [4.78, 5) is 16.9. The van der Waals surface area contributed by atoms with Crippen molar-refractivity contribution >= 4 is 5.91 Å². The van der Waals surface area contributed by atoms with Gasteiger partial charge in [-0.3, -0.25) is 4.79 Å². The first-order chi connectivity index (χ1) is 10.6. The maximum Gasteiger partial charge on any atom is 0.249 e. The fraction of sp³-hybridized carbons (Fsp3) is 0.412. The standard InChI is InChI=1S/C17H21N3O2/c1-12-5-3-6-13(11-12)15(16-18-8-9-20(16)2)19-17(21)14-7-4-10-22-14/h3,5-6,8-9,11,14-15H,4,7,10H2,1-2H3,(H,19,21). The van der Waals surface area contributed by atoms with Gasteiger partial charge in [0, 0.05) is 26.0 Å². The number of nitrogens with zero attached hydrogens (tertiary/aromatic N) is 2. The van der Waals surface area contributed by atoms with E-state index in [0.717, 1.165) is 29.8 Å². The highest BCUT2D eigenvalue weighted by Gasteiger charge is 2.28. The zero-order valence-corrected chi connectivity index (χ0v) is 13.0. The van der Waals surface area contributed by atoms with Crippen molar-refractivity contribution in [1.82, 2.24) is 14.9 Å². The maximum atomic E-state index is 12.4. The number of hydrogen-bond acceptors (Lipinski definition) is 3. The summed E-state index contributed by atoms with van der Waals surface area (Å²) in [6, 6.07) is 7.87. The van der Waals surface area contributed by atoms with Crippen molar-refractivity contribution in [3.05, 3.63) is 53.6 Å². The first-order valence-corrected chi connectivity index (χ1v) is 7.61. The molecule has 1 N–H and O–H groups in total. The van der Waals surface area contributed by atoms with Crippen LogP contribution in [0.2, 0.25) is 0 Å². The number of imidazole rings is 1. The zero-order valence-electron chi connectivity index (χ0n) is 13.0. The lowest BCUT2D eigenvalue weighted by atomic mass is 10.0. The van der Waals surface area contributed by atoms with Gasteiger partial charge in [-0.15, -0.1) is 0 Å². The molecule has 0 saturated carbocycles. The second kappa shape index (κ2) is 6.32. The smallest absolute Gasteiger partial charge is 0.249 e. The molecule has 3 rings (SSSR count). The Morgan fingerprint density at radius 3 is 3.00 bits per heavy atom. The number of nitrogens with one attached hydrogen (secondary N) is 1. The molecule has 1 aliphatic rings. The number of amides is 1. The van der Waals surface area contributed by atoms with Crippen LogP contribution in [0.3, 0.4) is 0 Å². The molecule has 1 aromatic heterocycles. The third-order valence-electron chi connectivity index (χ3n) is 4.00. The summed E-state index contributed by atoms with van der Waals surface area (Å²) in [5, 5.41) is 3.10. The van der Waals surface area contributed by atoms with E-state index in [0.29, 0.717) is 6.61 Å². The van der Waals surface area contributed by atoms with Gasteiger partial charge in [0.05, 0.1) is 0 Å². The summed E-state index contributed by atoms with van der Waals surface area (Å²) < 4.78 is 7.42. The number of benzene rings is 1. The molecule has 2 unspecified atom stereocenters. The second-order valence-corrected chi connectivity index (χ2v) is 5.75. The molecule has 2 aromatic rings. The minimum Gasteiger partial charge on any atom is -0.368 e. The summed E-state index contributed by atoms with van der Waals surface area (Å²) in [5.74, 6) is 0.754. The van der Waals surface area contributed by atoms with E-state index < -0.39 is 0 Å². The average Bonchev–Trinajstić information content (AvgIpc) is 3.16. The average molecular weight is 299 g/mol. The molecule has 22 heavy (non-hydrogen) atoms. The minimum atomic E-state index is -0.340. The van der Waals surface area contributed by atoms with Crippen LogP contribution in [0.5, 0.6) is 0 Å². The Morgan fingerprint density at radius 1 is 1.50 bits per heavy atom. The van der Waals surface area contributed by atoms with Gasteiger partial charge in [0.2, 0.25) is 5.91 Å². The Labute approximate surface area is 130 Å². The molecule has 5 nitrogen and oxygen atoms in total. The Kier molecular flexibility index (Phi) is 4.24. The highest BCUT2D eigenvalue weighted by atomic mass is 16.5. The van der Waals surface area contributed by atoms with E-state index in [-0.39, 0.29) is 18.1 Å². The van der Waals surface area contributed by atoms with Gasteiger partial charge in [-0.1, -0.05) is 29.8 Å². The van der Waals surface area contributed by atoms with Gasteiger partial charge in [0.25, 0.3) is 0 Å². The number of carbonyl (C=O) groups is 1. The topological polar surface area (TPSA) is 56.1 Å². The lowest BCUT2D eigenvalue weighted by Crippen LogP contribution is -2.38. The van der Waals surface area contributed by atoms with E-state index in [9.17, 15) is 4.79 Å². The largest absolute Gasteiger partial charge is 0.368 e. The third-order valence-corrected chi connectivity index (χ3v) is 4.00. The number of aromatic nitrogens is 2. The lowest BCUT2D eigenvalue weighted by molar-refractivity contribution is -0.130. The molecule has 0 spiro atoms. The van der Waals surface area contributed by atoms with Gasteiger partial charge < -0.3 is 14.6 Å². The van der Waals surface area contributed by atoms with E-state index in [4.69, 9.17) is 4.74 Å². The second-order valence-electron chi connectivity index (χ2n) is 5.75. The maximum absolute atomic E-state index is 12.4. The van der Waals surface area contributed by atoms with E-state index in [1.807, 2.05) is 42.9 Å². The molecule has 1 aromatic carbocycles. The Balaban J connectivity index is 1.89. The fourth-order valence-electron chi connectivity index (χ4n) is 2.82. The summed E-state index contributed by atoms with van der Waals surface area (Å²) >= 11 is 0. The van der Waals surface area contributed by atoms with Crippen LogP contribution in [0.15, 0.2) is 36.7 Å². The third kappa shape index (κ3) is 3.04.